The molecule has 3 nitrogen and oxygen atoms in total. The fourth-order valence-corrected chi connectivity index (χ4v) is 1.78. The van der Waals surface area contributed by atoms with E-state index in [0.29, 0.717) is 5.13 Å². The maximum Gasteiger partial charge on any atom is 0.233 e. The van der Waals surface area contributed by atoms with E-state index in [9.17, 15) is 4.79 Å². The second kappa shape index (κ2) is 2.96. The lowest BCUT2D eigenvalue weighted by molar-refractivity contribution is -0.117. The van der Waals surface area contributed by atoms with Gasteiger partial charge in [-0.3, -0.25) is 4.79 Å². The Balaban J connectivity index is 1.98. The van der Waals surface area contributed by atoms with Crippen LogP contribution >= 0.6 is 11.3 Å². The first-order valence-electron chi connectivity index (χ1n) is 4.07. The molecule has 1 saturated carbocycles. The highest BCUT2D eigenvalue weighted by Gasteiger charge is 2.34. The van der Waals surface area contributed by atoms with Crippen LogP contribution in [-0.2, 0) is 4.79 Å². The summed E-state index contributed by atoms with van der Waals surface area (Å²) in [5.41, 5.74) is 1.96. The predicted octanol–water partition coefficient (Wildman–Crippen LogP) is 1.97. The van der Waals surface area contributed by atoms with Crippen molar-refractivity contribution in [3.05, 3.63) is 23.2 Å². The van der Waals surface area contributed by atoms with Gasteiger partial charge < -0.3 is 5.32 Å². The van der Waals surface area contributed by atoms with E-state index in [0.717, 1.165) is 17.7 Å². The maximum atomic E-state index is 11.4. The summed E-state index contributed by atoms with van der Waals surface area (Å²) >= 11 is 1.45. The molecule has 2 rings (SSSR count). The van der Waals surface area contributed by atoms with Gasteiger partial charge >= 0.3 is 0 Å². The van der Waals surface area contributed by atoms with Crippen molar-refractivity contribution in [2.24, 2.45) is 5.92 Å². The molecule has 0 aliphatic heterocycles. The summed E-state index contributed by atoms with van der Waals surface area (Å²) in [6.07, 6.45) is 0.830. The quantitative estimate of drug-likeness (QED) is 0.731. The van der Waals surface area contributed by atoms with Crippen molar-refractivity contribution in [3.8, 4) is 0 Å². The molecule has 0 spiro atoms. The van der Waals surface area contributed by atoms with Gasteiger partial charge in [0, 0.05) is 5.38 Å². The van der Waals surface area contributed by atoms with Crippen LogP contribution in [0.3, 0.4) is 0 Å². The number of anilines is 1. The van der Waals surface area contributed by atoms with E-state index in [1.54, 1.807) is 0 Å². The molecule has 1 unspecified atom stereocenters. The van der Waals surface area contributed by atoms with Crippen LogP contribution in [0.1, 0.15) is 12.1 Å². The number of aryl methyl sites for hydroxylation is 1. The molecular weight excluding hydrogens is 184 g/mol. The highest BCUT2D eigenvalue weighted by Crippen LogP contribution is 2.36. The molecule has 1 aliphatic rings. The van der Waals surface area contributed by atoms with Crippen molar-refractivity contribution in [2.45, 2.75) is 13.3 Å². The largest absolute Gasteiger partial charge is 0.301 e. The Labute approximate surface area is 80.5 Å². The molecule has 4 heteroatoms. The van der Waals surface area contributed by atoms with E-state index in [2.05, 4.69) is 16.9 Å². The minimum absolute atomic E-state index is 0.0272. The second-order valence-corrected chi connectivity index (χ2v) is 4.06. The zero-order valence-corrected chi connectivity index (χ0v) is 8.15. The Morgan fingerprint density at radius 1 is 1.85 bits per heavy atom. The summed E-state index contributed by atoms with van der Waals surface area (Å²) in [6.45, 7) is 5.64. The van der Waals surface area contributed by atoms with Gasteiger partial charge in [0.1, 0.15) is 0 Å². The van der Waals surface area contributed by atoms with Gasteiger partial charge in [0.2, 0.25) is 5.91 Å². The Bertz CT molecular complexity index is 369. The van der Waals surface area contributed by atoms with Crippen molar-refractivity contribution >= 4 is 22.4 Å². The summed E-state index contributed by atoms with van der Waals surface area (Å²) in [4.78, 5) is 15.5. The van der Waals surface area contributed by atoms with Gasteiger partial charge in [0.25, 0.3) is 0 Å². The number of nitrogens with zero attached hydrogens (tertiary/aromatic N) is 1. The summed E-state index contributed by atoms with van der Waals surface area (Å²) in [6, 6.07) is 0. The van der Waals surface area contributed by atoms with Gasteiger partial charge in [-0.2, -0.15) is 0 Å². The molecule has 1 fully saturated rings. The third-order valence-electron chi connectivity index (χ3n) is 1.96. The van der Waals surface area contributed by atoms with E-state index in [4.69, 9.17) is 0 Å². The maximum absolute atomic E-state index is 11.4. The minimum atomic E-state index is 0.0272. The number of carbonyl (C=O) groups is 1. The zero-order valence-electron chi connectivity index (χ0n) is 7.33. The Morgan fingerprint density at radius 3 is 3.00 bits per heavy atom. The van der Waals surface area contributed by atoms with Crippen LogP contribution in [0.15, 0.2) is 17.5 Å². The molecular formula is C9H10N2OS. The number of aromatic nitrogens is 1. The van der Waals surface area contributed by atoms with Gasteiger partial charge in [-0.1, -0.05) is 12.2 Å². The standard InChI is InChI=1S/C9H10N2OS/c1-5-3-7(5)8(12)11-9-10-6(2)4-13-9/h4,7H,1,3H2,2H3,(H,10,11,12). The first-order chi connectivity index (χ1) is 6.16. The molecule has 0 bridgehead atoms. The van der Waals surface area contributed by atoms with Crippen LogP contribution in [0.2, 0.25) is 0 Å². The minimum Gasteiger partial charge on any atom is -0.301 e. The zero-order chi connectivity index (χ0) is 9.42. The normalized spacial score (nSPS) is 20.1. The van der Waals surface area contributed by atoms with Crippen LogP contribution in [0.4, 0.5) is 5.13 Å². The lowest BCUT2D eigenvalue weighted by Gasteiger charge is -1.96. The number of amides is 1. The van der Waals surface area contributed by atoms with Crippen molar-refractivity contribution in [1.82, 2.24) is 4.98 Å². The van der Waals surface area contributed by atoms with Gasteiger partial charge in [0.15, 0.2) is 5.13 Å². The summed E-state index contributed by atoms with van der Waals surface area (Å²) < 4.78 is 0. The van der Waals surface area contributed by atoms with E-state index in [-0.39, 0.29) is 11.8 Å². The average molecular weight is 194 g/mol. The molecule has 68 valence electrons. The number of hydrogen-bond acceptors (Lipinski definition) is 3. The molecule has 0 radical (unpaired) electrons. The number of hydrogen-bond donors (Lipinski definition) is 1. The highest BCUT2D eigenvalue weighted by atomic mass is 32.1. The average Bonchev–Trinajstić information content (AvgIpc) is 2.66. The SMILES string of the molecule is C=C1CC1C(=O)Nc1nc(C)cs1. The number of thiazole rings is 1. The fourth-order valence-electron chi connectivity index (χ4n) is 1.09. The Kier molecular flexibility index (Phi) is 1.92. The topological polar surface area (TPSA) is 42.0 Å². The number of nitrogens with one attached hydrogen (secondary N) is 1. The van der Waals surface area contributed by atoms with E-state index >= 15 is 0 Å². The third-order valence-corrected chi connectivity index (χ3v) is 2.84. The molecule has 1 amide bonds. The Hall–Kier alpha value is -1.16. The van der Waals surface area contributed by atoms with Gasteiger partial charge in [-0.25, -0.2) is 4.98 Å². The van der Waals surface area contributed by atoms with Crippen LogP contribution in [0, 0.1) is 12.8 Å². The van der Waals surface area contributed by atoms with Gasteiger partial charge in [0.05, 0.1) is 11.6 Å². The lowest BCUT2D eigenvalue weighted by Crippen LogP contribution is -2.13. The molecule has 1 N–H and O–H groups in total. The molecule has 0 saturated heterocycles. The smallest absolute Gasteiger partial charge is 0.233 e. The number of carbonyl (C=O) groups excluding carboxylic acids is 1. The highest BCUT2D eigenvalue weighted by molar-refractivity contribution is 7.13. The van der Waals surface area contributed by atoms with Crippen molar-refractivity contribution in [3.63, 3.8) is 0 Å². The first-order valence-corrected chi connectivity index (χ1v) is 4.95. The van der Waals surface area contributed by atoms with Crippen molar-refractivity contribution in [2.75, 3.05) is 5.32 Å². The van der Waals surface area contributed by atoms with Crippen LogP contribution in [0.5, 0.6) is 0 Å². The van der Waals surface area contributed by atoms with Gasteiger partial charge in [-0.05, 0) is 13.3 Å². The first kappa shape index (κ1) is 8.44. The lowest BCUT2D eigenvalue weighted by atomic mass is 10.4. The molecule has 0 aromatic carbocycles. The van der Waals surface area contributed by atoms with E-state index in [1.165, 1.54) is 11.3 Å². The monoisotopic (exact) mass is 194 g/mol. The molecule has 1 aromatic heterocycles. The van der Waals surface area contributed by atoms with E-state index in [1.807, 2.05) is 12.3 Å². The van der Waals surface area contributed by atoms with Gasteiger partial charge in [-0.15, -0.1) is 11.3 Å². The summed E-state index contributed by atoms with van der Waals surface area (Å²) in [5.74, 6) is 0.0588. The van der Waals surface area contributed by atoms with Crippen molar-refractivity contribution < 1.29 is 4.79 Å². The molecule has 13 heavy (non-hydrogen) atoms. The van der Waals surface area contributed by atoms with Crippen LogP contribution < -0.4 is 5.32 Å². The number of rotatable bonds is 2. The summed E-state index contributed by atoms with van der Waals surface area (Å²) in [7, 11) is 0. The molecule has 1 heterocycles. The fraction of sp³-hybridized carbons (Fsp3) is 0.333. The third kappa shape index (κ3) is 1.78. The van der Waals surface area contributed by atoms with Crippen LogP contribution in [-0.4, -0.2) is 10.9 Å². The van der Waals surface area contributed by atoms with Crippen LogP contribution in [0.25, 0.3) is 0 Å². The second-order valence-electron chi connectivity index (χ2n) is 3.20. The van der Waals surface area contributed by atoms with Crippen molar-refractivity contribution in [1.29, 1.82) is 0 Å². The Morgan fingerprint density at radius 2 is 2.54 bits per heavy atom. The van der Waals surface area contributed by atoms with E-state index < -0.39 is 0 Å². The summed E-state index contributed by atoms with van der Waals surface area (Å²) in [5, 5.41) is 5.36. The molecule has 1 atom stereocenters. The molecule has 1 aromatic rings. The molecule has 1 aliphatic carbocycles. The predicted molar refractivity (Wildman–Crippen MR) is 52.7 cm³/mol.